The molecule has 0 radical (unpaired) electrons. The van der Waals surface area contributed by atoms with Crippen molar-refractivity contribution in [3.05, 3.63) is 187 Å². The lowest BCUT2D eigenvalue weighted by molar-refractivity contribution is 0.660. The van der Waals surface area contributed by atoms with Gasteiger partial charge in [-0.25, -0.2) is 0 Å². The second-order valence-electron chi connectivity index (χ2n) is 14.1. The average molecular weight is 654 g/mol. The SMILES string of the molecule is CC1(C)c2ccccc2-c2cc(-c3c(N(c4ccccc4)c4ccccc4)cc(-c4cccc5c4oc4ccccc45)c4ccccc34)ccc21. The van der Waals surface area contributed by atoms with Crippen LogP contribution in [0, 0.1) is 0 Å². The highest BCUT2D eigenvalue weighted by atomic mass is 16.3. The fourth-order valence-corrected chi connectivity index (χ4v) is 8.48. The first-order valence-electron chi connectivity index (χ1n) is 17.7. The maximum atomic E-state index is 6.66. The highest BCUT2D eigenvalue weighted by Gasteiger charge is 2.35. The summed E-state index contributed by atoms with van der Waals surface area (Å²) in [6, 6.07) is 63.6. The Morgan fingerprint density at radius 3 is 1.78 bits per heavy atom. The van der Waals surface area contributed by atoms with Crippen LogP contribution in [0.4, 0.5) is 17.1 Å². The maximum absolute atomic E-state index is 6.66. The lowest BCUT2D eigenvalue weighted by Gasteiger charge is -2.30. The summed E-state index contributed by atoms with van der Waals surface area (Å²) in [6.07, 6.45) is 0. The molecule has 10 rings (SSSR count). The predicted molar refractivity (Wildman–Crippen MR) is 214 cm³/mol. The van der Waals surface area contributed by atoms with Gasteiger partial charge in [0.2, 0.25) is 0 Å². The van der Waals surface area contributed by atoms with Crippen LogP contribution in [0.15, 0.2) is 180 Å². The molecule has 0 unspecified atom stereocenters. The number of benzene rings is 8. The van der Waals surface area contributed by atoms with E-state index in [1.54, 1.807) is 0 Å². The Labute approximate surface area is 297 Å². The number of rotatable bonds is 5. The van der Waals surface area contributed by atoms with Crippen LogP contribution < -0.4 is 4.90 Å². The summed E-state index contributed by atoms with van der Waals surface area (Å²) in [5, 5.41) is 4.64. The smallest absolute Gasteiger partial charge is 0.143 e. The van der Waals surface area contributed by atoms with Gasteiger partial charge in [-0.15, -0.1) is 0 Å². The van der Waals surface area contributed by atoms with E-state index in [0.29, 0.717) is 0 Å². The number of fused-ring (bicyclic) bond motifs is 7. The van der Waals surface area contributed by atoms with Crippen LogP contribution in [0.2, 0.25) is 0 Å². The van der Waals surface area contributed by atoms with E-state index < -0.39 is 0 Å². The van der Waals surface area contributed by atoms with E-state index in [1.807, 2.05) is 6.07 Å². The van der Waals surface area contributed by atoms with Gasteiger partial charge in [0.05, 0.1) is 5.69 Å². The molecule has 1 heterocycles. The topological polar surface area (TPSA) is 16.4 Å². The Kier molecular flexibility index (Phi) is 6.56. The van der Waals surface area contributed by atoms with Crippen LogP contribution in [0.3, 0.4) is 0 Å². The fraction of sp³-hybridized carbons (Fsp3) is 0.0612. The molecule has 0 saturated carbocycles. The second kappa shape index (κ2) is 11.3. The number of para-hydroxylation sites is 4. The molecular formula is C49H35NO. The molecule has 2 heteroatoms. The quantitative estimate of drug-likeness (QED) is 0.184. The van der Waals surface area contributed by atoms with Crippen molar-refractivity contribution in [2.24, 2.45) is 0 Å². The molecule has 1 aliphatic rings. The number of nitrogens with zero attached hydrogens (tertiary/aromatic N) is 1. The predicted octanol–water partition coefficient (Wildman–Crippen LogP) is 13.8. The molecular weight excluding hydrogens is 619 g/mol. The van der Waals surface area contributed by atoms with Crippen molar-refractivity contribution in [3.63, 3.8) is 0 Å². The zero-order valence-corrected chi connectivity index (χ0v) is 28.6. The van der Waals surface area contributed by atoms with Crippen LogP contribution in [0.25, 0.3) is 66.1 Å². The average Bonchev–Trinajstić information content (AvgIpc) is 3.67. The molecule has 242 valence electrons. The van der Waals surface area contributed by atoms with Gasteiger partial charge >= 0.3 is 0 Å². The lowest BCUT2D eigenvalue weighted by Crippen LogP contribution is -2.14. The summed E-state index contributed by atoms with van der Waals surface area (Å²) in [5.74, 6) is 0. The van der Waals surface area contributed by atoms with Gasteiger partial charge in [0.1, 0.15) is 11.2 Å². The largest absolute Gasteiger partial charge is 0.455 e. The summed E-state index contributed by atoms with van der Waals surface area (Å²) >= 11 is 0. The summed E-state index contributed by atoms with van der Waals surface area (Å²) in [7, 11) is 0. The van der Waals surface area contributed by atoms with Gasteiger partial charge in [-0.05, 0) is 86.6 Å². The molecule has 0 atom stereocenters. The van der Waals surface area contributed by atoms with Crippen LogP contribution in [-0.2, 0) is 5.41 Å². The normalized spacial score (nSPS) is 13.1. The third kappa shape index (κ3) is 4.50. The third-order valence-electron chi connectivity index (χ3n) is 10.9. The summed E-state index contributed by atoms with van der Waals surface area (Å²) in [5.41, 5.74) is 15.0. The number of anilines is 3. The third-order valence-corrected chi connectivity index (χ3v) is 10.9. The van der Waals surface area contributed by atoms with E-state index in [2.05, 4.69) is 189 Å². The first-order valence-corrected chi connectivity index (χ1v) is 17.7. The van der Waals surface area contributed by atoms with Crippen molar-refractivity contribution in [1.82, 2.24) is 0 Å². The van der Waals surface area contributed by atoms with Crippen LogP contribution in [0.5, 0.6) is 0 Å². The molecule has 0 N–H and O–H groups in total. The maximum Gasteiger partial charge on any atom is 0.143 e. The van der Waals surface area contributed by atoms with Crippen molar-refractivity contribution >= 4 is 49.8 Å². The minimum absolute atomic E-state index is 0.0649. The van der Waals surface area contributed by atoms with Crippen molar-refractivity contribution < 1.29 is 4.42 Å². The lowest BCUT2D eigenvalue weighted by atomic mass is 9.82. The van der Waals surface area contributed by atoms with E-state index in [-0.39, 0.29) is 5.41 Å². The summed E-state index contributed by atoms with van der Waals surface area (Å²) in [6.45, 7) is 4.69. The highest BCUT2D eigenvalue weighted by Crippen LogP contribution is 2.53. The molecule has 0 spiro atoms. The van der Waals surface area contributed by atoms with E-state index >= 15 is 0 Å². The first-order chi connectivity index (χ1) is 25.1. The van der Waals surface area contributed by atoms with Crippen LogP contribution >= 0.6 is 0 Å². The van der Waals surface area contributed by atoms with Gasteiger partial charge in [0.25, 0.3) is 0 Å². The monoisotopic (exact) mass is 653 g/mol. The van der Waals surface area contributed by atoms with Crippen molar-refractivity contribution in [2.45, 2.75) is 19.3 Å². The van der Waals surface area contributed by atoms with E-state index in [1.165, 1.54) is 44.2 Å². The first kappa shape index (κ1) is 29.5. The Bertz CT molecular complexity index is 2730. The van der Waals surface area contributed by atoms with Crippen LogP contribution in [0.1, 0.15) is 25.0 Å². The van der Waals surface area contributed by atoms with Gasteiger partial charge in [0, 0.05) is 38.7 Å². The van der Waals surface area contributed by atoms with Crippen molar-refractivity contribution in [3.8, 4) is 33.4 Å². The molecule has 0 bridgehead atoms. The van der Waals surface area contributed by atoms with Crippen molar-refractivity contribution in [1.29, 1.82) is 0 Å². The molecule has 1 aliphatic carbocycles. The fourth-order valence-electron chi connectivity index (χ4n) is 8.48. The molecule has 9 aromatic rings. The molecule has 8 aromatic carbocycles. The van der Waals surface area contributed by atoms with Crippen LogP contribution in [-0.4, -0.2) is 0 Å². The van der Waals surface area contributed by atoms with E-state index in [9.17, 15) is 0 Å². The zero-order valence-electron chi connectivity index (χ0n) is 28.6. The number of furan rings is 1. The van der Waals surface area contributed by atoms with E-state index in [4.69, 9.17) is 4.42 Å². The summed E-state index contributed by atoms with van der Waals surface area (Å²) in [4.78, 5) is 2.41. The van der Waals surface area contributed by atoms with Gasteiger partial charge < -0.3 is 9.32 Å². The van der Waals surface area contributed by atoms with Gasteiger partial charge in [-0.2, -0.15) is 0 Å². The highest BCUT2D eigenvalue weighted by molar-refractivity contribution is 6.16. The minimum Gasteiger partial charge on any atom is -0.455 e. The van der Waals surface area contributed by atoms with Crippen molar-refractivity contribution in [2.75, 3.05) is 4.90 Å². The number of hydrogen-bond acceptors (Lipinski definition) is 2. The molecule has 1 aromatic heterocycles. The van der Waals surface area contributed by atoms with Gasteiger partial charge in [-0.3, -0.25) is 0 Å². The molecule has 51 heavy (non-hydrogen) atoms. The summed E-state index contributed by atoms with van der Waals surface area (Å²) < 4.78 is 6.66. The zero-order chi connectivity index (χ0) is 34.1. The second-order valence-corrected chi connectivity index (χ2v) is 14.1. The Morgan fingerprint density at radius 1 is 0.431 bits per heavy atom. The standard InChI is InChI=1S/C49H35NO/c1-49(2)43-26-13-11-21-36(43)42-30-32(28-29-44(42)49)47-38-23-10-9-20-35(38)41(40-25-15-24-39-37-22-12-14-27-46(37)51-48(39)40)31-45(47)50(33-16-5-3-6-17-33)34-18-7-4-8-19-34/h3-31H,1-2H3. The minimum atomic E-state index is -0.0649. The van der Waals surface area contributed by atoms with E-state index in [0.717, 1.165) is 50.1 Å². The van der Waals surface area contributed by atoms with Gasteiger partial charge in [0.15, 0.2) is 0 Å². The molecule has 0 saturated heterocycles. The molecule has 0 amide bonds. The molecule has 2 nitrogen and oxygen atoms in total. The number of hydrogen-bond donors (Lipinski definition) is 0. The Balaban J connectivity index is 1.33. The Morgan fingerprint density at radius 2 is 1.02 bits per heavy atom. The molecule has 0 fully saturated rings. The van der Waals surface area contributed by atoms with Gasteiger partial charge in [-0.1, -0.05) is 147 Å². The molecule has 0 aliphatic heterocycles. The Hall–Kier alpha value is -6.38.